The van der Waals surface area contributed by atoms with Crippen LogP contribution in [-0.2, 0) is 4.79 Å². The third-order valence-electron chi connectivity index (χ3n) is 5.68. The highest BCUT2D eigenvalue weighted by Crippen LogP contribution is 2.26. The molecule has 2 heterocycles. The lowest BCUT2D eigenvalue weighted by atomic mass is 9.98. The number of likely N-dealkylation sites (tertiary alicyclic amines) is 1. The second-order valence-electron chi connectivity index (χ2n) is 7.66. The second-order valence-corrected chi connectivity index (χ2v) is 7.66. The standard InChI is InChI=1S/C20H29N3O2/c1-13-8-9-18(10-14(13)2)22-12-17(11-19(22)24)21-20(25)23-15(3)6-5-7-16(23)4/h8-10,15-17H,5-7,11-12H2,1-4H3,(H,21,25)/t15-,16-,17-/m0/s1. The minimum atomic E-state index is -0.122. The van der Waals surface area contributed by atoms with Crippen molar-refractivity contribution in [3.8, 4) is 0 Å². The van der Waals surface area contributed by atoms with Crippen LogP contribution in [0.3, 0.4) is 0 Å². The minimum Gasteiger partial charge on any atom is -0.333 e. The Morgan fingerprint density at radius 1 is 1.12 bits per heavy atom. The first kappa shape index (κ1) is 17.8. The fraction of sp³-hybridized carbons (Fsp3) is 0.600. The fourth-order valence-electron chi connectivity index (χ4n) is 4.02. The van der Waals surface area contributed by atoms with Crippen molar-refractivity contribution in [3.05, 3.63) is 29.3 Å². The van der Waals surface area contributed by atoms with Crippen LogP contribution in [0.15, 0.2) is 18.2 Å². The summed E-state index contributed by atoms with van der Waals surface area (Å²) in [7, 11) is 0. The first-order valence-corrected chi connectivity index (χ1v) is 9.33. The van der Waals surface area contributed by atoms with Gasteiger partial charge < -0.3 is 15.1 Å². The van der Waals surface area contributed by atoms with Crippen LogP contribution in [0, 0.1) is 13.8 Å². The van der Waals surface area contributed by atoms with Crippen molar-refractivity contribution in [2.45, 2.75) is 71.5 Å². The van der Waals surface area contributed by atoms with Crippen molar-refractivity contribution in [3.63, 3.8) is 0 Å². The predicted octanol–water partition coefficient (Wildman–Crippen LogP) is 3.38. The molecule has 2 fully saturated rings. The quantitative estimate of drug-likeness (QED) is 0.895. The van der Waals surface area contributed by atoms with Gasteiger partial charge in [0.05, 0.1) is 6.04 Å². The number of amides is 3. The second kappa shape index (κ2) is 7.06. The molecule has 0 spiro atoms. The van der Waals surface area contributed by atoms with Gasteiger partial charge in [-0.25, -0.2) is 4.79 Å². The molecule has 25 heavy (non-hydrogen) atoms. The average molecular weight is 343 g/mol. The molecule has 0 radical (unpaired) electrons. The number of piperidine rings is 1. The molecule has 0 bridgehead atoms. The van der Waals surface area contributed by atoms with Crippen LogP contribution in [0.4, 0.5) is 10.5 Å². The summed E-state index contributed by atoms with van der Waals surface area (Å²) in [5.41, 5.74) is 3.31. The van der Waals surface area contributed by atoms with Crippen LogP contribution in [0.1, 0.15) is 50.7 Å². The fourth-order valence-corrected chi connectivity index (χ4v) is 4.02. The van der Waals surface area contributed by atoms with Gasteiger partial charge in [0, 0.05) is 30.7 Å². The Bertz CT molecular complexity index is 663. The van der Waals surface area contributed by atoms with Crippen LogP contribution in [-0.4, -0.2) is 41.5 Å². The average Bonchev–Trinajstić information content (AvgIpc) is 2.90. The number of carbonyl (C=O) groups excluding carboxylic acids is 2. The molecule has 0 saturated carbocycles. The van der Waals surface area contributed by atoms with Gasteiger partial charge in [0.25, 0.3) is 0 Å². The zero-order valence-electron chi connectivity index (χ0n) is 15.7. The number of aryl methyl sites for hydroxylation is 2. The van der Waals surface area contributed by atoms with Crippen LogP contribution in [0.5, 0.6) is 0 Å². The van der Waals surface area contributed by atoms with E-state index in [4.69, 9.17) is 0 Å². The van der Waals surface area contributed by atoms with E-state index in [1.165, 1.54) is 17.5 Å². The van der Waals surface area contributed by atoms with Crippen molar-refractivity contribution >= 4 is 17.6 Å². The van der Waals surface area contributed by atoms with E-state index < -0.39 is 0 Å². The Morgan fingerprint density at radius 3 is 2.44 bits per heavy atom. The van der Waals surface area contributed by atoms with Gasteiger partial charge in [-0.2, -0.15) is 0 Å². The van der Waals surface area contributed by atoms with Crippen molar-refractivity contribution in [1.29, 1.82) is 0 Å². The maximum absolute atomic E-state index is 12.7. The third-order valence-corrected chi connectivity index (χ3v) is 5.68. The van der Waals surface area contributed by atoms with Crippen LogP contribution in [0.25, 0.3) is 0 Å². The molecule has 2 aliphatic rings. The van der Waals surface area contributed by atoms with E-state index in [0.717, 1.165) is 18.5 Å². The number of nitrogens with zero attached hydrogens (tertiary/aromatic N) is 2. The number of nitrogens with one attached hydrogen (secondary N) is 1. The number of benzene rings is 1. The molecule has 1 aromatic rings. The van der Waals surface area contributed by atoms with Gasteiger partial charge in [0.15, 0.2) is 0 Å². The molecule has 0 aliphatic carbocycles. The molecule has 5 nitrogen and oxygen atoms in total. The van der Waals surface area contributed by atoms with E-state index in [1.807, 2.05) is 23.1 Å². The Kier molecular flexibility index (Phi) is 5.02. The van der Waals surface area contributed by atoms with Gasteiger partial charge in [0.1, 0.15) is 0 Å². The molecule has 3 amide bonds. The zero-order chi connectivity index (χ0) is 18.1. The topological polar surface area (TPSA) is 52.7 Å². The lowest BCUT2D eigenvalue weighted by molar-refractivity contribution is -0.117. The summed E-state index contributed by atoms with van der Waals surface area (Å²) in [6.45, 7) is 8.88. The summed E-state index contributed by atoms with van der Waals surface area (Å²) in [4.78, 5) is 28.9. The first-order valence-electron chi connectivity index (χ1n) is 9.33. The number of hydrogen-bond donors (Lipinski definition) is 1. The minimum absolute atomic E-state index is 0.0283. The monoisotopic (exact) mass is 343 g/mol. The molecule has 3 atom stereocenters. The lowest BCUT2D eigenvalue weighted by Gasteiger charge is -2.39. The van der Waals surface area contributed by atoms with Crippen molar-refractivity contribution in [2.24, 2.45) is 0 Å². The summed E-state index contributed by atoms with van der Waals surface area (Å²) in [6, 6.07) is 6.45. The molecule has 0 aromatic heterocycles. The van der Waals surface area contributed by atoms with Crippen LogP contribution < -0.4 is 10.2 Å². The predicted molar refractivity (Wildman–Crippen MR) is 99.8 cm³/mol. The normalized spacial score (nSPS) is 26.9. The Morgan fingerprint density at radius 2 is 1.80 bits per heavy atom. The van der Waals surface area contributed by atoms with Gasteiger partial charge in [0.2, 0.25) is 5.91 Å². The molecule has 136 valence electrons. The van der Waals surface area contributed by atoms with E-state index in [2.05, 4.69) is 33.0 Å². The number of urea groups is 1. The smallest absolute Gasteiger partial charge is 0.318 e. The SMILES string of the molecule is Cc1ccc(N2C[C@@H](NC(=O)N3[C@@H](C)CCC[C@@H]3C)CC2=O)cc1C. The number of rotatable bonds is 2. The summed E-state index contributed by atoms with van der Waals surface area (Å²) in [6.07, 6.45) is 3.65. The summed E-state index contributed by atoms with van der Waals surface area (Å²) >= 11 is 0. The third kappa shape index (κ3) is 3.65. The van der Waals surface area contributed by atoms with Crippen molar-refractivity contribution in [1.82, 2.24) is 10.2 Å². The summed E-state index contributed by atoms with van der Waals surface area (Å²) in [5.74, 6) is 0.0771. The number of hydrogen-bond acceptors (Lipinski definition) is 2. The van der Waals surface area contributed by atoms with Crippen molar-refractivity contribution in [2.75, 3.05) is 11.4 Å². The van der Waals surface area contributed by atoms with Gasteiger partial charge in [-0.15, -0.1) is 0 Å². The Hall–Kier alpha value is -2.04. The molecule has 1 N–H and O–H groups in total. The molecule has 2 aliphatic heterocycles. The largest absolute Gasteiger partial charge is 0.333 e. The molecule has 5 heteroatoms. The van der Waals surface area contributed by atoms with E-state index in [1.54, 1.807) is 4.90 Å². The highest BCUT2D eigenvalue weighted by Gasteiger charge is 2.35. The molecule has 1 aromatic carbocycles. The first-order chi connectivity index (χ1) is 11.9. The van der Waals surface area contributed by atoms with Gasteiger partial charge in [-0.05, 0) is 70.2 Å². The van der Waals surface area contributed by atoms with Gasteiger partial charge in [-0.1, -0.05) is 6.07 Å². The molecule has 0 unspecified atom stereocenters. The maximum atomic E-state index is 12.7. The molecule has 3 rings (SSSR count). The van der Waals surface area contributed by atoms with Crippen molar-refractivity contribution < 1.29 is 9.59 Å². The van der Waals surface area contributed by atoms with Gasteiger partial charge in [-0.3, -0.25) is 4.79 Å². The Balaban J connectivity index is 1.66. The van der Waals surface area contributed by atoms with Crippen LogP contribution in [0.2, 0.25) is 0 Å². The number of carbonyl (C=O) groups is 2. The highest BCUT2D eigenvalue weighted by atomic mass is 16.2. The Labute approximate surface area is 150 Å². The van der Waals surface area contributed by atoms with E-state index >= 15 is 0 Å². The van der Waals surface area contributed by atoms with E-state index in [9.17, 15) is 9.59 Å². The number of anilines is 1. The van der Waals surface area contributed by atoms with E-state index in [0.29, 0.717) is 13.0 Å². The summed E-state index contributed by atoms with van der Waals surface area (Å²) in [5, 5.41) is 3.09. The lowest BCUT2D eigenvalue weighted by Crippen LogP contribution is -2.54. The zero-order valence-corrected chi connectivity index (χ0v) is 15.7. The highest BCUT2D eigenvalue weighted by molar-refractivity contribution is 5.97. The van der Waals surface area contributed by atoms with Gasteiger partial charge >= 0.3 is 6.03 Å². The molecular formula is C20H29N3O2. The van der Waals surface area contributed by atoms with E-state index in [-0.39, 0.29) is 30.1 Å². The van der Waals surface area contributed by atoms with Crippen LogP contribution >= 0.6 is 0 Å². The molecule has 2 saturated heterocycles. The maximum Gasteiger partial charge on any atom is 0.318 e. The summed E-state index contributed by atoms with van der Waals surface area (Å²) < 4.78 is 0. The molecular weight excluding hydrogens is 314 g/mol.